The molecule has 1 N–H and O–H groups in total. The van der Waals surface area contributed by atoms with Crippen LogP contribution in [0.2, 0.25) is 0 Å². The molecule has 1 heterocycles. The van der Waals surface area contributed by atoms with Gasteiger partial charge in [0.2, 0.25) is 0 Å². The van der Waals surface area contributed by atoms with Gasteiger partial charge in [0.05, 0.1) is 5.56 Å². The van der Waals surface area contributed by atoms with Gasteiger partial charge in [0, 0.05) is 16.3 Å². The minimum Gasteiger partial charge on any atom is -0.324 e. The van der Waals surface area contributed by atoms with Gasteiger partial charge in [0.25, 0.3) is 5.91 Å². The van der Waals surface area contributed by atoms with Gasteiger partial charge in [0.15, 0.2) is 6.04 Å². The third-order valence-electron chi connectivity index (χ3n) is 4.15. The van der Waals surface area contributed by atoms with Crippen LogP contribution in [0, 0.1) is 12.3 Å². The van der Waals surface area contributed by atoms with Crippen molar-refractivity contribution in [2.45, 2.75) is 12.2 Å². The normalized spacial score (nSPS) is 11.9. The van der Waals surface area contributed by atoms with E-state index >= 15 is 0 Å². The SMILES string of the molecule is C#CC(=O)N(c1cccc(C(F)(F)F)c1)C(C(=O)Nc1ccccc1)c1cccs1. The number of nitrogens with zero attached hydrogens (tertiary/aromatic N) is 1. The molecule has 1 aromatic heterocycles. The Bertz CT molecular complexity index is 1070. The number of benzene rings is 2. The van der Waals surface area contributed by atoms with Gasteiger partial charge >= 0.3 is 12.1 Å². The number of rotatable bonds is 5. The van der Waals surface area contributed by atoms with E-state index in [9.17, 15) is 22.8 Å². The van der Waals surface area contributed by atoms with Crippen LogP contribution >= 0.6 is 11.3 Å². The minimum absolute atomic E-state index is 0.130. The van der Waals surface area contributed by atoms with Crippen molar-refractivity contribution in [2.75, 3.05) is 10.2 Å². The van der Waals surface area contributed by atoms with Gasteiger partial charge in [-0.05, 0) is 47.7 Å². The van der Waals surface area contributed by atoms with E-state index in [1.807, 2.05) is 5.92 Å². The Kier molecular flexibility index (Phi) is 6.23. The molecule has 3 aromatic rings. The smallest absolute Gasteiger partial charge is 0.324 e. The molecule has 2 aromatic carbocycles. The number of nitrogens with one attached hydrogen (secondary N) is 1. The molecule has 0 radical (unpaired) electrons. The van der Waals surface area contributed by atoms with Crippen LogP contribution in [0.25, 0.3) is 0 Å². The first-order chi connectivity index (χ1) is 14.3. The fraction of sp³-hybridized carbons (Fsp3) is 0.0909. The maximum atomic E-state index is 13.2. The van der Waals surface area contributed by atoms with E-state index in [1.54, 1.807) is 47.8 Å². The van der Waals surface area contributed by atoms with Crippen LogP contribution < -0.4 is 10.2 Å². The van der Waals surface area contributed by atoms with Gasteiger partial charge in [-0.25, -0.2) is 0 Å². The number of halogens is 3. The van der Waals surface area contributed by atoms with E-state index in [4.69, 9.17) is 6.42 Å². The van der Waals surface area contributed by atoms with Gasteiger partial charge in [-0.3, -0.25) is 14.5 Å². The number of carbonyl (C=O) groups is 2. The number of terminal acetylenes is 1. The molecule has 0 fully saturated rings. The Balaban J connectivity index is 2.09. The average Bonchev–Trinajstić information content (AvgIpc) is 3.25. The molecule has 1 atom stereocenters. The summed E-state index contributed by atoms with van der Waals surface area (Å²) in [6, 6.07) is 14.7. The summed E-state index contributed by atoms with van der Waals surface area (Å²) in [5, 5.41) is 4.38. The first-order valence-corrected chi connectivity index (χ1v) is 9.55. The number of carbonyl (C=O) groups excluding carboxylic acids is 2. The lowest BCUT2D eigenvalue weighted by atomic mass is 10.1. The van der Waals surface area contributed by atoms with Crippen molar-refractivity contribution in [1.29, 1.82) is 0 Å². The van der Waals surface area contributed by atoms with Crippen molar-refractivity contribution < 1.29 is 22.8 Å². The monoisotopic (exact) mass is 428 g/mol. The fourth-order valence-corrected chi connectivity index (χ4v) is 3.65. The Hall–Kier alpha value is -3.57. The summed E-state index contributed by atoms with van der Waals surface area (Å²) in [6.45, 7) is 0. The van der Waals surface area contributed by atoms with Crippen molar-refractivity contribution in [3.8, 4) is 12.3 Å². The molecule has 1 unspecified atom stereocenters. The zero-order chi connectivity index (χ0) is 21.7. The Morgan fingerprint density at radius 3 is 2.37 bits per heavy atom. The van der Waals surface area contributed by atoms with Crippen LogP contribution in [0.1, 0.15) is 16.5 Å². The lowest BCUT2D eigenvalue weighted by Gasteiger charge is -2.29. The fourth-order valence-electron chi connectivity index (χ4n) is 2.84. The first-order valence-electron chi connectivity index (χ1n) is 8.67. The van der Waals surface area contributed by atoms with Gasteiger partial charge in [0.1, 0.15) is 0 Å². The van der Waals surface area contributed by atoms with Gasteiger partial charge in [-0.2, -0.15) is 13.2 Å². The molecule has 0 bridgehead atoms. The largest absolute Gasteiger partial charge is 0.416 e. The van der Waals surface area contributed by atoms with E-state index in [-0.39, 0.29) is 5.69 Å². The molecule has 0 aliphatic carbocycles. The highest BCUT2D eigenvalue weighted by Crippen LogP contribution is 2.35. The van der Waals surface area contributed by atoms with Crippen LogP contribution in [-0.2, 0) is 15.8 Å². The molecule has 2 amide bonds. The van der Waals surface area contributed by atoms with E-state index in [1.165, 1.54) is 17.4 Å². The highest BCUT2D eigenvalue weighted by atomic mass is 32.1. The Morgan fingerprint density at radius 2 is 1.77 bits per heavy atom. The Morgan fingerprint density at radius 1 is 1.03 bits per heavy atom. The van der Waals surface area contributed by atoms with Gasteiger partial charge in [-0.15, -0.1) is 17.8 Å². The summed E-state index contributed by atoms with van der Waals surface area (Å²) in [6.07, 6.45) is 0.667. The number of alkyl halides is 3. The lowest BCUT2D eigenvalue weighted by Crippen LogP contribution is -2.40. The van der Waals surface area contributed by atoms with Crippen LogP contribution in [0.3, 0.4) is 0 Å². The zero-order valence-electron chi connectivity index (χ0n) is 15.4. The predicted octanol–water partition coefficient (Wildman–Crippen LogP) is 5.11. The highest BCUT2D eigenvalue weighted by molar-refractivity contribution is 7.10. The van der Waals surface area contributed by atoms with E-state index in [0.717, 1.165) is 23.1 Å². The molecule has 4 nitrogen and oxygen atoms in total. The summed E-state index contributed by atoms with van der Waals surface area (Å²) in [4.78, 5) is 27.1. The first kappa shape index (κ1) is 21.1. The van der Waals surface area contributed by atoms with Crippen molar-refractivity contribution in [3.63, 3.8) is 0 Å². The molecular formula is C22H15F3N2O2S. The lowest BCUT2D eigenvalue weighted by molar-refractivity contribution is -0.137. The van der Waals surface area contributed by atoms with Crippen LogP contribution in [-0.4, -0.2) is 11.8 Å². The standard InChI is InChI=1S/C22H15F3N2O2S/c1-2-19(28)27(17-11-6-8-15(14-17)22(23,24)25)20(18-12-7-13-30-18)21(29)26-16-9-4-3-5-10-16/h1,3-14,20H,(H,26,29). The molecule has 30 heavy (non-hydrogen) atoms. The molecule has 152 valence electrons. The highest BCUT2D eigenvalue weighted by Gasteiger charge is 2.35. The molecule has 0 aliphatic heterocycles. The number of anilines is 2. The predicted molar refractivity (Wildman–Crippen MR) is 110 cm³/mol. The molecule has 8 heteroatoms. The maximum Gasteiger partial charge on any atom is 0.416 e. The summed E-state index contributed by atoms with van der Waals surface area (Å²) in [5.41, 5.74) is -0.612. The number of hydrogen-bond acceptors (Lipinski definition) is 3. The van der Waals surface area contributed by atoms with Crippen LogP contribution in [0.5, 0.6) is 0 Å². The van der Waals surface area contributed by atoms with Crippen molar-refractivity contribution in [3.05, 3.63) is 82.6 Å². The molecule has 3 rings (SSSR count). The second kappa shape index (κ2) is 8.84. The zero-order valence-corrected chi connectivity index (χ0v) is 16.2. The molecule has 0 aliphatic rings. The second-order valence-electron chi connectivity index (χ2n) is 6.14. The van der Waals surface area contributed by atoms with Crippen molar-refractivity contribution in [2.24, 2.45) is 0 Å². The third-order valence-corrected chi connectivity index (χ3v) is 5.08. The summed E-state index contributed by atoms with van der Waals surface area (Å²) >= 11 is 1.19. The number of hydrogen-bond donors (Lipinski definition) is 1. The number of amides is 2. The van der Waals surface area contributed by atoms with E-state index in [2.05, 4.69) is 5.32 Å². The van der Waals surface area contributed by atoms with Crippen molar-refractivity contribution in [1.82, 2.24) is 0 Å². The van der Waals surface area contributed by atoms with Crippen LogP contribution in [0.4, 0.5) is 24.5 Å². The molecule has 0 saturated heterocycles. The third kappa shape index (κ3) is 4.70. The molecular weight excluding hydrogens is 413 g/mol. The van der Waals surface area contributed by atoms with E-state index < -0.39 is 29.6 Å². The topological polar surface area (TPSA) is 49.4 Å². The number of thiophene rings is 1. The van der Waals surface area contributed by atoms with E-state index in [0.29, 0.717) is 10.6 Å². The summed E-state index contributed by atoms with van der Waals surface area (Å²) in [7, 11) is 0. The molecule has 0 spiro atoms. The van der Waals surface area contributed by atoms with Crippen molar-refractivity contribution >= 4 is 34.5 Å². The van der Waals surface area contributed by atoms with Crippen LogP contribution in [0.15, 0.2) is 72.1 Å². The maximum absolute atomic E-state index is 13.2. The minimum atomic E-state index is -4.62. The van der Waals surface area contributed by atoms with Gasteiger partial charge < -0.3 is 5.32 Å². The number of para-hydroxylation sites is 1. The Labute approximate surface area is 175 Å². The average molecular weight is 428 g/mol. The summed E-state index contributed by atoms with van der Waals surface area (Å²) < 4.78 is 39.6. The second-order valence-corrected chi connectivity index (χ2v) is 7.12. The van der Waals surface area contributed by atoms with Gasteiger partial charge in [-0.1, -0.05) is 30.3 Å². The summed E-state index contributed by atoms with van der Waals surface area (Å²) in [5.74, 6) is 0.372. The quantitative estimate of drug-likeness (QED) is 0.574. The molecule has 0 saturated carbocycles.